The van der Waals surface area contributed by atoms with Gasteiger partial charge < -0.3 is 9.30 Å². The van der Waals surface area contributed by atoms with Crippen molar-refractivity contribution < 1.29 is 4.74 Å². The molecule has 0 saturated heterocycles. The lowest BCUT2D eigenvalue weighted by Crippen LogP contribution is -2.16. The van der Waals surface area contributed by atoms with Gasteiger partial charge in [0.15, 0.2) is 10.8 Å². The molecule has 0 aliphatic carbocycles. The molecule has 9 heteroatoms. The van der Waals surface area contributed by atoms with Crippen LogP contribution in [0.2, 0.25) is 0 Å². The number of methoxy groups -OCH3 is 1. The van der Waals surface area contributed by atoms with Gasteiger partial charge in [-0.3, -0.25) is 9.89 Å². The Morgan fingerprint density at radius 3 is 2.60 bits per heavy atom. The average Bonchev–Trinajstić information content (AvgIpc) is 3.35. The second-order valence-electron chi connectivity index (χ2n) is 6.74. The minimum Gasteiger partial charge on any atom is -0.497 e. The average molecular weight is 418 g/mol. The second kappa shape index (κ2) is 7.03. The third-order valence-corrected chi connectivity index (χ3v) is 5.69. The highest BCUT2D eigenvalue weighted by Gasteiger charge is 2.21. The number of thioether (sulfide) groups is 1. The first kappa shape index (κ1) is 18.4. The summed E-state index contributed by atoms with van der Waals surface area (Å²) in [5.74, 6) is 0.746. The molecular weight excluding hydrogens is 400 g/mol. The molecule has 0 aliphatic rings. The highest BCUT2D eigenvalue weighted by atomic mass is 32.2. The number of hydrogen-bond acceptors (Lipinski definition) is 6. The van der Waals surface area contributed by atoms with E-state index in [2.05, 4.69) is 20.3 Å². The van der Waals surface area contributed by atoms with Crippen molar-refractivity contribution in [1.29, 1.82) is 0 Å². The van der Waals surface area contributed by atoms with E-state index < -0.39 is 0 Å². The standard InChI is InChI=1S/C21H18N6O2S/c1-26-15-7-5-4-6-14(15)16-17(24-23-12-8-10-13(29-2)11-9-12)19-22-21(30-3)25-27(19)20(28)18(16)26/h4-11H,1-3H3,(H,22,25). The summed E-state index contributed by atoms with van der Waals surface area (Å²) in [6.45, 7) is 0. The molecule has 8 nitrogen and oxygen atoms in total. The maximum atomic E-state index is 13.3. The lowest BCUT2D eigenvalue weighted by Gasteiger charge is -2.02. The zero-order valence-electron chi connectivity index (χ0n) is 16.6. The minimum absolute atomic E-state index is 0.171. The number of benzene rings is 2. The molecule has 30 heavy (non-hydrogen) atoms. The zero-order chi connectivity index (χ0) is 20.8. The van der Waals surface area contributed by atoms with Crippen LogP contribution in [0.3, 0.4) is 0 Å². The van der Waals surface area contributed by atoms with Crippen LogP contribution >= 0.6 is 11.8 Å². The Balaban J connectivity index is 1.86. The van der Waals surface area contributed by atoms with Crippen molar-refractivity contribution >= 4 is 50.6 Å². The number of H-pyrrole nitrogens is 1. The van der Waals surface area contributed by atoms with Crippen LogP contribution in [0.4, 0.5) is 11.4 Å². The Hall–Kier alpha value is -3.59. The fourth-order valence-electron chi connectivity index (χ4n) is 3.67. The lowest BCUT2D eigenvalue weighted by molar-refractivity contribution is 0.415. The van der Waals surface area contributed by atoms with Crippen LogP contribution in [-0.2, 0) is 7.05 Å². The van der Waals surface area contributed by atoms with E-state index in [1.54, 1.807) is 7.11 Å². The predicted molar refractivity (Wildman–Crippen MR) is 119 cm³/mol. The summed E-state index contributed by atoms with van der Waals surface area (Å²) in [6, 6.07) is 15.2. The van der Waals surface area contributed by atoms with Crippen molar-refractivity contribution in [3.8, 4) is 5.75 Å². The molecule has 0 spiro atoms. The van der Waals surface area contributed by atoms with E-state index in [0.717, 1.165) is 22.0 Å². The van der Waals surface area contributed by atoms with Gasteiger partial charge in [-0.15, -0.1) is 5.11 Å². The number of nitrogens with zero attached hydrogens (tertiary/aromatic N) is 5. The molecule has 0 fully saturated rings. The Morgan fingerprint density at radius 1 is 1.10 bits per heavy atom. The molecule has 1 N–H and O–H groups in total. The molecule has 0 amide bonds. The summed E-state index contributed by atoms with van der Waals surface area (Å²) in [6.07, 6.45) is 1.90. The van der Waals surface area contributed by atoms with Gasteiger partial charge in [0.25, 0.3) is 5.56 Å². The number of hydrogen-bond donors (Lipinski definition) is 1. The summed E-state index contributed by atoms with van der Waals surface area (Å²) >= 11 is 1.43. The Morgan fingerprint density at radius 2 is 1.87 bits per heavy atom. The highest BCUT2D eigenvalue weighted by molar-refractivity contribution is 7.98. The SMILES string of the molecule is COc1ccc(N=Nc2c3c4ccccc4n(C)c3c(=O)n3[nH]c(SC)nc23)cc1. The van der Waals surface area contributed by atoms with Crippen LogP contribution in [0.25, 0.3) is 27.5 Å². The zero-order valence-corrected chi connectivity index (χ0v) is 17.4. The van der Waals surface area contributed by atoms with E-state index in [0.29, 0.717) is 27.7 Å². The van der Waals surface area contributed by atoms with Gasteiger partial charge in [0, 0.05) is 23.3 Å². The molecule has 0 unspecified atom stereocenters. The number of aromatic nitrogens is 4. The van der Waals surface area contributed by atoms with E-state index in [1.807, 2.05) is 66.4 Å². The van der Waals surface area contributed by atoms with E-state index >= 15 is 0 Å². The van der Waals surface area contributed by atoms with Gasteiger partial charge in [0.2, 0.25) is 0 Å². The van der Waals surface area contributed by atoms with Crippen LogP contribution in [0.1, 0.15) is 0 Å². The van der Waals surface area contributed by atoms with Crippen LogP contribution in [0.5, 0.6) is 5.75 Å². The molecule has 0 saturated carbocycles. The quantitative estimate of drug-likeness (QED) is 0.335. The summed E-state index contributed by atoms with van der Waals surface area (Å²) in [5, 5.41) is 14.3. The molecule has 3 heterocycles. The van der Waals surface area contributed by atoms with Gasteiger partial charge in [0.05, 0.1) is 12.8 Å². The van der Waals surface area contributed by atoms with Crippen molar-refractivity contribution in [2.75, 3.05) is 13.4 Å². The Kier molecular flexibility index (Phi) is 4.32. The lowest BCUT2D eigenvalue weighted by atomic mass is 10.1. The van der Waals surface area contributed by atoms with E-state index in [4.69, 9.17) is 4.74 Å². The number of ether oxygens (including phenoxy) is 1. The molecule has 3 aromatic heterocycles. The van der Waals surface area contributed by atoms with E-state index in [9.17, 15) is 4.79 Å². The largest absolute Gasteiger partial charge is 0.497 e. The van der Waals surface area contributed by atoms with Crippen LogP contribution < -0.4 is 10.3 Å². The first-order valence-corrected chi connectivity index (χ1v) is 10.5. The number of aromatic amines is 1. The highest BCUT2D eigenvalue weighted by Crippen LogP contribution is 2.37. The van der Waals surface area contributed by atoms with Gasteiger partial charge in [-0.1, -0.05) is 30.0 Å². The predicted octanol–water partition coefficient (Wildman–Crippen LogP) is 4.81. The maximum absolute atomic E-state index is 13.3. The molecule has 0 radical (unpaired) electrons. The Labute approximate surface area is 175 Å². The summed E-state index contributed by atoms with van der Waals surface area (Å²) in [7, 11) is 3.50. The number of nitrogens with one attached hydrogen (secondary N) is 1. The van der Waals surface area contributed by atoms with Crippen molar-refractivity contribution in [1.82, 2.24) is 19.2 Å². The van der Waals surface area contributed by atoms with Crippen LogP contribution in [0, 0.1) is 0 Å². The smallest absolute Gasteiger partial charge is 0.295 e. The summed E-state index contributed by atoms with van der Waals surface area (Å²) < 4.78 is 8.53. The van der Waals surface area contributed by atoms with Crippen molar-refractivity contribution in [2.24, 2.45) is 17.3 Å². The molecule has 150 valence electrons. The fraction of sp³-hybridized carbons (Fsp3) is 0.143. The maximum Gasteiger partial charge on any atom is 0.295 e. The number of rotatable bonds is 4. The topological polar surface area (TPSA) is 89.0 Å². The van der Waals surface area contributed by atoms with Gasteiger partial charge in [0.1, 0.15) is 17.0 Å². The van der Waals surface area contributed by atoms with E-state index in [1.165, 1.54) is 16.3 Å². The van der Waals surface area contributed by atoms with Gasteiger partial charge in [-0.25, -0.2) is 4.98 Å². The molecule has 0 aliphatic heterocycles. The minimum atomic E-state index is -0.171. The van der Waals surface area contributed by atoms with Gasteiger partial charge in [-0.05, 0) is 36.6 Å². The summed E-state index contributed by atoms with van der Waals surface area (Å²) in [5.41, 5.74) is 3.00. The number of fused-ring (bicyclic) bond motifs is 4. The molecular formula is C21H18N6O2S. The first-order chi connectivity index (χ1) is 14.6. The van der Waals surface area contributed by atoms with E-state index in [-0.39, 0.29) is 5.56 Å². The normalized spacial score (nSPS) is 12.0. The van der Waals surface area contributed by atoms with Gasteiger partial charge >= 0.3 is 0 Å². The van der Waals surface area contributed by atoms with Crippen molar-refractivity contribution in [3.63, 3.8) is 0 Å². The van der Waals surface area contributed by atoms with Crippen molar-refractivity contribution in [2.45, 2.75) is 5.16 Å². The molecule has 2 aromatic carbocycles. The third-order valence-electron chi connectivity index (χ3n) is 5.12. The number of aryl methyl sites for hydroxylation is 1. The molecule has 0 atom stereocenters. The first-order valence-electron chi connectivity index (χ1n) is 9.24. The second-order valence-corrected chi connectivity index (χ2v) is 7.54. The van der Waals surface area contributed by atoms with Crippen LogP contribution in [-0.4, -0.2) is 32.5 Å². The third kappa shape index (κ3) is 2.70. The molecule has 5 aromatic rings. The summed E-state index contributed by atoms with van der Waals surface area (Å²) in [4.78, 5) is 17.9. The van der Waals surface area contributed by atoms with Gasteiger partial charge in [-0.2, -0.15) is 9.63 Å². The number of para-hydroxylation sites is 1. The molecule has 5 rings (SSSR count). The van der Waals surface area contributed by atoms with Crippen molar-refractivity contribution in [3.05, 3.63) is 58.9 Å². The van der Waals surface area contributed by atoms with Crippen LogP contribution in [0.15, 0.2) is 68.7 Å². The molecule has 0 bridgehead atoms. The monoisotopic (exact) mass is 418 g/mol. The number of pyridine rings is 1. The number of azo groups is 1. The Bertz CT molecular complexity index is 1490. The fourth-order valence-corrected chi connectivity index (χ4v) is 4.03.